The maximum absolute atomic E-state index is 12.1. The zero-order valence-corrected chi connectivity index (χ0v) is 13.6. The van der Waals surface area contributed by atoms with Crippen LogP contribution in [-0.2, 0) is 13.1 Å². The van der Waals surface area contributed by atoms with Gasteiger partial charge in [-0.15, -0.1) is 0 Å². The van der Waals surface area contributed by atoms with Gasteiger partial charge in [0.1, 0.15) is 0 Å². The van der Waals surface area contributed by atoms with E-state index in [-0.39, 0.29) is 5.56 Å². The van der Waals surface area contributed by atoms with E-state index in [9.17, 15) is 4.79 Å². The first-order valence-electron chi connectivity index (χ1n) is 8.22. The molecule has 1 aliphatic rings. The monoisotopic (exact) mass is 312 g/mol. The highest BCUT2D eigenvalue weighted by Crippen LogP contribution is 2.13. The van der Waals surface area contributed by atoms with Crippen LogP contribution in [0.3, 0.4) is 0 Å². The smallest absolute Gasteiger partial charge is 0.250 e. The molecule has 0 aromatic carbocycles. The minimum Gasteiger partial charge on any atom is -0.317 e. The van der Waals surface area contributed by atoms with Gasteiger partial charge in [0.15, 0.2) is 0 Å². The molecule has 122 valence electrons. The third-order valence-corrected chi connectivity index (χ3v) is 4.52. The summed E-state index contributed by atoms with van der Waals surface area (Å²) in [5.41, 5.74) is 2.27. The van der Waals surface area contributed by atoms with Crippen molar-refractivity contribution in [3.8, 4) is 0 Å². The Hall–Kier alpha value is -1.98. The number of hydrogen-bond acceptors (Lipinski definition) is 4. The van der Waals surface area contributed by atoms with Gasteiger partial charge in [0, 0.05) is 37.2 Å². The molecule has 0 aliphatic carbocycles. The second-order valence-electron chi connectivity index (χ2n) is 6.20. The lowest BCUT2D eigenvalue weighted by molar-refractivity contribution is 0.194. The average Bonchev–Trinajstić information content (AvgIpc) is 2.59. The van der Waals surface area contributed by atoms with Crippen LogP contribution in [0, 0.1) is 0 Å². The van der Waals surface area contributed by atoms with Crippen LogP contribution in [0.5, 0.6) is 0 Å². The van der Waals surface area contributed by atoms with E-state index in [4.69, 9.17) is 0 Å². The van der Waals surface area contributed by atoms with Crippen LogP contribution >= 0.6 is 0 Å². The molecule has 0 unspecified atom stereocenters. The van der Waals surface area contributed by atoms with Gasteiger partial charge in [-0.25, -0.2) is 0 Å². The van der Waals surface area contributed by atoms with Crippen molar-refractivity contribution in [2.24, 2.45) is 0 Å². The molecule has 1 aliphatic heterocycles. The summed E-state index contributed by atoms with van der Waals surface area (Å²) in [5.74, 6) is 0. The zero-order valence-electron chi connectivity index (χ0n) is 13.6. The highest BCUT2D eigenvalue weighted by molar-refractivity contribution is 5.14. The largest absolute Gasteiger partial charge is 0.317 e. The number of piperidine rings is 1. The van der Waals surface area contributed by atoms with Gasteiger partial charge in [0.2, 0.25) is 0 Å². The molecule has 1 N–H and O–H groups in total. The summed E-state index contributed by atoms with van der Waals surface area (Å²) in [4.78, 5) is 18.6. The van der Waals surface area contributed by atoms with Crippen LogP contribution in [0.15, 0.2) is 47.7 Å². The van der Waals surface area contributed by atoms with Gasteiger partial charge in [-0.05, 0) is 50.2 Å². The van der Waals surface area contributed by atoms with E-state index in [2.05, 4.69) is 15.2 Å². The second-order valence-corrected chi connectivity index (χ2v) is 6.20. The maximum Gasteiger partial charge on any atom is 0.250 e. The van der Waals surface area contributed by atoms with E-state index < -0.39 is 0 Å². The summed E-state index contributed by atoms with van der Waals surface area (Å²) in [5, 5.41) is 3.35. The number of hydrogen-bond donors (Lipinski definition) is 1. The van der Waals surface area contributed by atoms with Crippen molar-refractivity contribution in [3.63, 3.8) is 0 Å². The molecule has 0 radical (unpaired) electrons. The Kier molecular flexibility index (Phi) is 5.20. The zero-order chi connectivity index (χ0) is 16.1. The van der Waals surface area contributed by atoms with Gasteiger partial charge in [-0.1, -0.05) is 12.1 Å². The molecule has 0 spiro atoms. The van der Waals surface area contributed by atoms with E-state index in [1.165, 1.54) is 18.4 Å². The number of pyridine rings is 2. The summed E-state index contributed by atoms with van der Waals surface area (Å²) in [6, 6.07) is 8.16. The van der Waals surface area contributed by atoms with Crippen molar-refractivity contribution in [2.45, 2.75) is 32.0 Å². The standard InChI is InChI=1S/C18H24N4O/c1-19-17-6-9-21(10-7-17)12-16-4-5-18(23)22(14-16)13-15-3-2-8-20-11-15/h2-5,8,11,14,17,19H,6-7,9-10,12-13H2,1H3. The molecule has 0 amide bonds. The molecule has 1 fully saturated rings. The van der Waals surface area contributed by atoms with Gasteiger partial charge in [0.05, 0.1) is 6.54 Å². The Labute approximate surface area is 137 Å². The van der Waals surface area contributed by atoms with Gasteiger partial charge < -0.3 is 9.88 Å². The first-order chi connectivity index (χ1) is 11.2. The Bertz CT molecular complexity index is 675. The maximum atomic E-state index is 12.1. The van der Waals surface area contributed by atoms with E-state index in [0.717, 1.165) is 25.2 Å². The summed E-state index contributed by atoms with van der Waals surface area (Å²) in [6.07, 6.45) is 7.91. The van der Waals surface area contributed by atoms with E-state index in [0.29, 0.717) is 12.6 Å². The third kappa shape index (κ3) is 4.27. The lowest BCUT2D eigenvalue weighted by Crippen LogP contribution is -2.40. The van der Waals surface area contributed by atoms with Crippen LogP contribution in [0.4, 0.5) is 0 Å². The van der Waals surface area contributed by atoms with Gasteiger partial charge >= 0.3 is 0 Å². The summed E-state index contributed by atoms with van der Waals surface area (Å²) in [7, 11) is 2.04. The van der Waals surface area contributed by atoms with E-state index >= 15 is 0 Å². The molecule has 3 rings (SSSR count). The van der Waals surface area contributed by atoms with Gasteiger partial charge in [0.25, 0.3) is 5.56 Å². The fourth-order valence-corrected chi connectivity index (χ4v) is 3.12. The van der Waals surface area contributed by atoms with Gasteiger partial charge in [-0.3, -0.25) is 14.7 Å². The molecule has 0 saturated carbocycles. The molecular formula is C18H24N4O. The Morgan fingerprint density at radius 1 is 1.17 bits per heavy atom. The summed E-state index contributed by atoms with van der Waals surface area (Å²) in [6.45, 7) is 3.69. The lowest BCUT2D eigenvalue weighted by atomic mass is 10.0. The molecule has 1 saturated heterocycles. The van der Waals surface area contributed by atoms with Crippen LogP contribution in [0.25, 0.3) is 0 Å². The first kappa shape index (κ1) is 15.9. The topological polar surface area (TPSA) is 50.2 Å². The molecule has 0 atom stereocenters. The SMILES string of the molecule is CNC1CCN(Cc2ccc(=O)n(Cc3cccnc3)c2)CC1. The number of rotatable bonds is 5. The highest BCUT2D eigenvalue weighted by Gasteiger charge is 2.17. The van der Waals surface area contributed by atoms with Crippen molar-refractivity contribution >= 4 is 0 Å². The van der Waals surface area contributed by atoms with Crippen molar-refractivity contribution < 1.29 is 0 Å². The van der Waals surface area contributed by atoms with Crippen LogP contribution in [0.1, 0.15) is 24.0 Å². The summed E-state index contributed by atoms with van der Waals surface area (Å²) < 4.78 is 1.77. The minimum atomic E-state index is 0.0338. The second kappa shape index (κ2) is 7.53. The molecule has 2 aromatic heterocycles. The fraction of sp³-hybridized carbons (Fsp3) is 0.444. The Morgan fingerprint density at radius 2 is 2.00 bits per heavy atom. The highest BCUT2D eigenvalue weighted by atomic mass is 16.1. The van der Waals surface area contributed by atoms with E-state index in [1.54, 1.807) is 16.8 Å². The van der Waals surface area contributed by atoms with Crippen molar-refractivity contribution in [2.75, 3.05) is 20.1 Å². The lowest BCUT2D eigenvalue weighted by Gasteiger charge is -2.31. The van der Waals surface area contributed by atoms with Gasteiger partial charge in [-0.2, -0.15) is 0 Å². The van der Waals surface area contributed by atoms with E-state index in [1.807, 2.05) is 37.6 Å². The molecule has 2 aromatic rings. The molecule has 3 heterocycles. The molecule has 23 heavy (non-hydrogen) atoms. The average molecular weight is 312 g/mol. The Balaban J connectivity index is 1.67. The molecular weight excluding hydrogens is 288 g/mol. The van der Waals surface area contributed by atoms with Crippen molar-refractivity contribution in [3.05, 3.63) is 64.3 Å². The third-order valence-electron chi connectivity index (χ3n) is 4.52. The minimum absolute atomic E-state index is 0.0338. The Morgan fingerprint density at radius 3 is 2.70 bits per heavy atom. The molecule has 5 nitrogen and oxygen atoms in total. The normalized spacial score (nSPS) is 16.6. The number of nitrogens with zero attached hydrogens (tertiary/aromatic N) is 3. The quantitative estimate of drug-likeness (QED) is 0.908. The number of nitrogens with one attached hydrogen (secondary N) is 1. The fourth-order valence-electron chi connectivity index (χ4n) is 3.12. The predicted octanol–water partition coefficient (Wildman–Crippen LogP) is 1.48. The number of likely N-dealkylation sites (tertiary alicyclic amines) is 1. The molecule has 0 bridgehead atoms. The predicted molar refractivity (Wildman–Crippen MR) is 91.4 cm³/mol. The van der Waals surface area contributed by atoms with Crippen molar-refractivity contribution in [1.82, 2.24) is 19.8 Å². The van der Waals surface area contributed by atoms with Crippen LogP contribution < -0.4 is 10.9 Å². The molecule has 5 heteroatoms. The first-order valence-corrected chi connectivity index (χ1v) is 8.22. The number of aromatic nitrogens is 2. The summed E-state index contributed by atoms with van der Waals surface area (Å²) >= 11 is 0. The van der Waals surface area contributed by atoms with Crippen LogP contribution in [0.2, 0.25) is 0 Å². The van der Waals surface area contributed by atoms with Crippen molar-refractivity contribution in [1.29, 1.82) is 0 Å². The van der Waals surface area contributed by atoms with Crippen LogP contribution in [-0.4, -0.2) is 40.6 Å².